The first-order chi connectivity index (χ1) is 14.5. The SMILES string of the molecule is COc1cc(-c2cnc3[nH]c(=O)n(Cc4ccc(Cl)cc4)c3n2)cc(OC)c1OC. The third-order valence-corrected chi connectivity index (χ3v) is 4.95. The van der Waals surface area contributed by atoms with Gasteiger partial charge < -0.3 is 14.2 Å². The van der Waals surface area contributed by atoms with Gasteiger partial charge in [-0.3, -0.25) is 9.55 Å². The summed E-state index contributed by atoms with van der Waals surface area (Å²) in [6.07, 6.45) is 1.59. The molecule has 0 amide bonds. The topological polar surface area (TPSA) is 91.3 Å². The molecular formula is C21H19ClN4O4. The molecule has 0 atom stereocenters. The van der Waals surface area contributed by atoms with Crippen LogP contribution in [0.2, 0.25) is 5.02 Å². The fraction of sp³-hybridized carbons (Fsp3) is 0.190. The summed E-state index contributed by atoms with van der Waals surface area (Å²) in [4.78, 5) is 24.3. The van der Waals surface area contributed by atoms with Gasteiger partial charge in [-0.05, 0) is 29.8 Å². The number of imidazole rings is 1. The molecule has 1 N–H and O–H groups in total. The van der Waals surface area contributed by atoms with Gasteiger partial charge in [0.2, 0.25) is 5.75 Å². The summed E-state index contributed by atoms with van der Waals surface area (Å²) in [6, 6.07) is 10.9. The van der Waals surface area contributed by atoms with Gasteiger partial charge >= 0.3 is 5.69 Å². The van der Waals surface area contributed by atoms with E-state index in [1.807, 2.05) is 12.1 Å². The van der Waals surface area contributed by atoms with Crippen molar-refractivity contribution in [1.29, 1.82) is 0 Å². The zero-order valence-corrected chi connectivity index (χ0v) is 17.4. The molecule has 30 heavy (non-hydrogen) atoms. The quantitative estimate of drug-likeness (QED) is 0.507. The van der Waals surface area contributed by atoms with Gasteiger partial charge in [-0.15, -0.1) is 0 Å². The second kappa shape index (κ2) is 8.08. The molecule has 0 unspecified atom stereocenters. The lowest BCUT2D eigenvalue weighted by molar-refractivity contribution is 0.324. The molecule has 4 aromatic rings. The molecule has 0 saturated carbocycles. The predicted octanol–water partition coefficient (Wildman–Crippen LogP) is 3.51. The Morgan fingerprint density at radius 3 is 2.30 bits per heavy atom. The number of halogens is 1. The van der Waals surface area contributed by atoms with Gasteiger partial charge in [0.15, 0.2) is 22.8 Å². The van der Waals surface area contributed by atoms with Crippen molar-refractivity contribution in [2.75, 3.05) is 21.3 Å². The Hall–Kier alpha value is -3.52. The summed E-state index contributed by atoms with van der Waals surface area (Å²) < 4.78 is 17.7. The Balaban J connectivity index is 1.82. The molecule has 0 spiro atoms. The Morgan fingerprint density at radius 2 is 1.70 bits per heavy atom. The number of H-pyrrole nitrogens is 1. The number of fused-ring (bicyclic) bond motifs is 1. The van der Waals surface area contributed by atoms with Gasteiger partial charge in [0, 0.05) is 10.6 Å². The number of ether oxygens (including phenoxy) is 3. The molecular weight excluding hydrogens is 408 g/mol. The summed E-state index contributed by atoms with van der Waals surface area (Å²) in [5.74, 6) is 1.49. The van der Waals surface area contributed by atoms with E-state index in [1.54, 1.807) is 51.8 Å². The van der Waals surface area contributed by atoms with Crippen LogP contribution in [0, 0.1) is 0 Å². The zero-order valence-electron chi connectivity index (χ0n) is 16.6. The number of aromatic nitrogens is 4. The zero-order chi connectivity index (χ0) is 21.3. The lowest BCUT2D eigenvalue weighted by Gasteiger charge is -2.14. The maximum Gasteiger partial charge on any atom is 0.329 e. The summed E-state index contributed by atoms with van der Waals surface area (Å²) >= 11 is 5.95. The number of nitrogens with zero attached hydrogens (tertiary/aromatic N) is 3. The molecule has 154 valence electrons. The molecule has 9 heteroatoms. The lowest BCUT2D eigenvalue weighted by Crippen LogP contribution is -2.17. The van der Waals surface area contributed by atoms with E-state index in [0.717, 1.165) is 5.56 Å². The van der Waals surface area contributed by atoms with Gasteiger partial charge in [-0.25, -0.2) is 14.8 Å². The largest absolute Gasteiger partial charge is 0.493 e. The smallest absolute Gasteiger partial charge is 0.329 e. The van der Waals surface area contributed by atoms with E-state index in [-0.39, 0.29) is 5.69 Å². The van der Waals surface area contributed by atoms with Gasteiger partial charge in [-0.2, -0.15) is 0 Å². The first kappa shape index (κ1) is 19.8. The van der Waals surface area contributed by atoms with Crippen LogP contribution < -0.4 is 19.9 Å². The number of benzene rings is 2. The Bertz CT molecular complexity index is 1240. The molecule has 0 saturated heterocycles. The summed E-state index contributed by atoms with van der Waals surface area (Å²) in [7, 11) is 4.64. The van der Waals surface area contributed by atoms with Crippen LogP contribution in [0.1, 0.15) is 5.56 Å². The Morgan fingerprint density at radius 1 is 1.03 bits per heavy atom. The third-order valence-electron chi connectivity index (χ3n) is 4.69. The van der Waals surface area contributed by atoms with Crippen LogP contribution in [0.3, 0.4) is 0 Å². The number of nitrogens with one attached hydrogen (secondary N) is 1. The number of hydrogen-bond donors (Lipinski definition) is 1. The molecule has 8 nitrogen and oxygen atoms in total. The maximum atomic E-state index is 12.5. The second-order valence-corrected chi connectivity index (χ2v) is 6.92. The van der Waals surface area contributed by atoms with Crippen molar-refractivity contribution in [3.8, 4) is 28.5 Å². The molecule has 2 aromatic carbocycles. The first-order valence-corrected chi connectivity index (χ1v) is 9.42. The van der Waals surface area contributed by atoms with E-state index in [2.05, 4.69) is 15.0 Å². The number of rotatable bonds is 6. The fourth-order valence-electron chi connectivity index (χ4n) is 3.21. The lowest BCUT2D eigenvalue weighted by atomic mass is 10.1. The minimum Gasteiger partial charge on any atom is -0.493 e. The van der Waals surface area contributed by atoms with Gasteiger partial charge in [0.25, 0.3) is 0 Å². The highest BCUT2D eigenvalue weighted by atomic mass is 35.5. The van der Waals surface area contributed by atoms with Crippen molar-refractivity contribution in [2.24, 2.45) is 0 Å². The molecule has 0 bridgehead atoms. The fourth-order valence-corrected chi connectivity index (χ4v) is 3.33. The van der Waals surface area contributed by atoms with Crippen LogP contribution in [0.15, 0.2) is 47.4 Å². The highest BCUT2D eigenvalue weighted by molar-refractivity contribution is 6.30. The van der Waals surface area contributed by atoms with Crippen molar-refractivity contribution in [1.82, 2.24) is 19.5 Å². The molecule has 0 aliphatic carbocycles. The Labute approximate surface area is 177 Å². The average Bonchev–Trinajstić information content (AvgIpc) is 3.08. The minimum absolute atomic E-state index is 0.290. The van der Waals surface area contributed by atoms with Crippen molar-refractivity contribution in [3.05, 3.63) is 63.7 Å². The first-order valence-electron chi connectivity index (χ1n) is 9.04. The maximum absolute atomic E-state index is 12.5. The standard InChI is InChI=1S/C21H19ClN4O4/c1-28-16-8-13(9-17(29-2)18(16)30-3)15-10-23-19-20(24-15)26(21(27)25-19)11-12-4-6-14(22)7-5-12/h4-10H,11H2,1-3H3,(H,23,25,27). The molecule has 2 heterocycles. The van der Waals surface area contributed by atoms with Crippen LogP contribution in [0.25, 0.3) is 22.6 Å². The number of aromatic amines is 1. The minimum atomic E-state index is -0.290. The van der Waals surface area contributed by atoms with Gasteiger partial charge in [-0.1, -0.05) is 23.7 Å². The van der Waals surface area contributed by atoms with Crippen LogP contribution in [-0.2, 0) is 6.54 Å². The van der Waals surface area contributed by atoms with E-state index in [1.165, 1.54) is 4.57 Å². The van der Waals surface area contributed by atoms with Crippen molar-refractivity contribution in [2.45, 2.75) is 6.54 Å². The summed E-state index contributed by atoms with van der Waals surface area (Å²) in [5, 5.41) is 0.634. The predicted molar refractivity (Wildman–Crippen MR) is 114 cm³/mol. The Kier molecular flexibility index (Phi) is 5.33. The monoisotopic (exact) mass is 426 g/mol. The highest BCUT2D eigenvalue weighted by Gasteiger charge is 2.17. The van der Waals surface area contributed by atoms with Gasteiger partial charge in [0.1, 0.15) is 0 Å². The molecule has 0 fully saturated rings. The van der Waals surface area contributed by atoms with Crippen LogP contribution in [0.5, 0.6) is 17.2 Å². The second-order valence-electron chi connectivity index (χ2n) is 6.48. The van der Waals surface area contributed by atoms with E-state index < -0.39 is 0 Å². The van der Waals surface area contributed by atoms with E-state index in [0.29, 0.717) is 51.4 Å². The molecule has 2 aromatic heterocycles. The van der Waals surface area contributed by atoms with Crippen molar-refractivity contribution >= 4 is 22.9 Å². The normalized spacial score (nSPS) is 10.9. The molecule has 0 aliphatic rings. The summed E-state index contributed by atoms with van der Waals surface area (Å²) in [6.45, 7) is 0.337. The highest BCUT2D eigenvalue weighted by Crippen LogP contribution is 2.40. The van der Waals surface area contributed by atoms with E-state index in [4.69, 9.17) is 25.8 Å². The molecule has 0 radical (unpaired) electrons. The van der Waals surface area contributed by atoms with E-state index >= 15 is 0 Å². The van der Waals surface area contributed by atoms with Crippen LogP contribution in [-0.4, -0.2) is 40.8 Å². The molecule has 0 aliphatic heterocycles. The summed E-state index contributed by atoms with van der Waals surface area (Å²) in [5.41, 5.74) is 2.76. The third kappa shape index (κ3) is 3.57. The van der Waals surface area contributed by atoms with Crippen molar-refractivity contribution in [3.63, 3.8) is 0 Å². The van der Waals surface area contributed by atoms with Crippen LogP contribution >= 0.6 is 11.6 Å². The van der Waals surface area contributed by atoms with Crippen LogP contribution in [0.4, 0.5) is 0 Å². The number of methoxy groups -OCH3 is 3. The van der Waals surface area contributed by atoms with Gasteiger partial charge in [0.05, 0.1) is 39.8 Å². The van der Waals surface area contributed by atoms with Crippen molar-refractivity contribution < 1.29 is 14.2 Å². The molecule has 4 rings (SSSR count). The number of hydrogen-bond acceptors (Lipinski definition) is 6. The average molecular weight is 427 g/mol. The van der Waals surface area contributed by atoms with E-state index in [9.17, 15) is 4.79 Å².